The fraction of sp³-hybridized carbons (Fsp3) is 0.382. The zero-order valence-corrected chi connectivity index (χ0v) is 28.4. The Morgan fingerprint density at radius 2 is 1.62 bits per heavy atom. The average molecular weight is 678 g/mol. The fourth-order valence-corrected chi connectivity index (χ4v) is 5.86. The molecule has 256 valence electrons. The highest BCUT2D eigenvalue weighted by Gasteiger charge is 2.41. The molecule has 2 atom stereocenters. The Hall–Kier alpha value is -4.63. The van der Waals surface area contributed by atoms with Gasteiger partial charge in [0, 0.05) is 39.6 Å². The number of rotatable bonds is 17. The van der Waals surface area contributed by atoms with Crippen LogP contribution < -0.4 is 21.4 Å². The predicted octanol–water partition coefficient (Wildman–Crippen LogP) is 3.29. The standard InChI is InChI=1S/C34H43N7O6S/c1-5-46-34(47-6-2,20-26-13-10-14-28-31(26)40-48-39-28)23(3)36-32(44)29(19-24-15-17-27(42)18-16-24)37-30(43)22-41(4)38-33(45)35-21-25-11-8-7-9-12-25/h7-18,23,29,42H,5-6,19-22H2,1-4H3,(H,36,44)(H,37,43)(H2,35,38,45)/t23-,29-/m0/s1. The van der Waals surface area contributed by atoms with Gasteiger partial charge in [-0.2, -0.15) is 8.75 Å². The summed E-state index contributed by atoms with van der Waals surface area (Å²) < 4.78 is 21.3. The highest BCUT2D eigenvalue weighted by atomic mass is 32.1. The van der Waals surface area contributed by atoms with Gasteiger partial charge < -0.3 is 30.5 Å². The third-order valence-electron chi connectivity index (χ3n) is 7.60. The second-order valence-electron chi connectivity index (χ2n) is 11.3. The van der Waals surface area contributed by atoms with Gasteiger partial charge in [-0.1, -0.05) is 54.6 Å². The van der Waals surface area contributed by atoms with E-state index in [-0.39, 0.29) is 25.1 Å². The zero-order valence-electron chi connectivity index (χ0n) is 27.6. The molecule has 0 aliphatic carbocycles. The molecule has 13 nitrogen and oxygen atoms in total. The summed E-state index contributed by atoms with van der Waals surface area (Å²) in [5.74, 6) is -2.12. The molecule has 5 N–H and O–H groups in total. The Labute approximate surface area is 284 Å². The molecule has 0 fully saturated rings. The molecule has 0 saturated heterocycles. The van der Waals surface area contributed by atoms with E-state index in [4.69, 9.17) is 9.47 Å². The number of likely N-dealkylation sites (N-methyl/N-ethyl adjacent to an activating group) is 1. The van der Waals surface area contributed by atoms with E-state index in [1.165, 1.54) is 17.1 Å². The molecule has 0 unspecified atom stereocenters. The number of ether oxygens (including phenoxy) is 2. The Morgan fingerprint density at radius 1 is 0.917 bits per heavy atom. The summed E-state index contributed by atoms with van der Waals surface area (Å²) >= 11 is 1.12. The van der Waals surface area contributed by atoms with Gasteiger partial charge in [0.2, 0.25) is 11.8 Å². The number of hydrogen-bond donors (Lipinski definition) is 5. The van der Waals surface area contributed by atoms with E-state index < -0.39 is 35.7 Å². The molecule has 1 heterocycles. The summed E-state index contributed by atoms with van der Waals surface area (Å²) in [5, 5.41) is 19.7. The van der Waals surface area contributed by atoms with Crippen molar-refractivity contribution in [1.29, 1.82) is 0 Å². The van der Waals surface area contributed by atoms with Crippen LogP contribution >= 0.6 is 11.7 Å². The van der Waals surface area contributed by atoms with E-state index in [2.05, 4.69) is 30.1 Å². The lowest BCUT2D eigenvalue weighted by atomic mass is 9.96. The number of carbonyl (C=O) groups is 3. The van der Waals surface area contributed by atoms with E-state index in [9.17, 15) is 19.5 Å². The van der Waals surface area contributed by atoms with E-state index in [0.717, 1.165) is 39.5 Å². The first kappa shape index (κ1) is 36.2. The minimum Gasteiger partial charge on any atom is -0.508 e. The molecule has 4 aromatic rings. The molecule has 3 aromatic carbocycles. The molecule has 0 bridgehead atoms. The van der Waals surface area contributed by atoms with Gasteiger partial charge in [0.05, 0.1) is 24.3 Å². The lowest BCUT2D eigenvalue weighted by molar-refractivity contribution is -0.246. The Bertz CT molecular complexity index is 1630. The van der Waals surface area contributed by atoms with Gasteiger partial charge in [-0.3, -0.25) is 15.0 Å². The normalized spacial score (nSPS) is 12.8. The molecule has 48 heavy (non-hydrogen) atoms. The first-order valence-electron chi connectivity index (χ1n) is 15.8. The van der Waals surface area contributed by atoms with E-state index in [1.807, 2.05) is 62.4 Å². The lowest BCUT2D eigenvalue weighted by Gasteiger charge is -2.39. The minimum atomic E-state index is -1.25. The van der Waals surface area contributed by atoms with Crippen LogP contribution in [0.5, 0.6) is 5.75 Å². The number of phenolic OH excluding ortho intramolecular Hbond substituents is 1. The molecule has 14 heteroatoms. The predicted molar refractivity (Wildman–Crippen MR) is 183 cm³/mol. The number of aromatic nitrogens is 2. The van der Waals surface area contributed by atoms with Crippen LogP contribution in [-0.4, -0.2) is 81.4 Å². The van der Waals surface area contributed by atoms with Crippen molar-refractivity contribution < 1.29 is 29.0 Å². The number of urea groups is 1. The summed E-state index contributed by atoms with van der Waals surface area (Å²) in [7, 11) is 1.55. The second-order valence-corrected chi connectivity index (χ2v) is 11.8. The van der Waals surface area contributed by atoms with Crippen molar-refractivity contribution in [2.24, 2.45) is 0 Å². The molecule has 0 aliphatic rings. The molecule has 0 aliphatic heterocycles. The van der Waals surface area contributed by atoms with Crippen molar-refractivity contribution in [3.8, 4) is 5.75 Å². The number of nitrogens with zero attached hydrogens (tertiary/aromatic N) is 3. The van der Waals surface area contributed by atoms with Crippen LogP contribution in [0.15, 0.2) is 72.8 Å². The third-order valence-corrected chi connectivity index (χ3v) is 8.14. The molecule has 4 amide bonds. The average Bonchev–Trinajstić information content (AvgIpc) is 3.55. The topological polar surface area (TPSA) is 167 Å². The Kier molecular flexibility index (Phi) is 13.2. The largest absolute Gasteiger partial charge is 0.508 e. The summed E-state index contributed by atoms with van der Waals surface area (Å²) in [4.78, 5) is 39.5. The van der Waals surface area contributed by atoms with Crippen molar-refractivity contribution in [2.45, 2.75) is 58.0 Å². The molecule has 1 aromatic heterocycles. The zero-order chi connectivity index (χ0) is 34.5. The summed E-state index contributed by atoms with van der Waals surface area (Å²) in [6.07, 6.45) is 0.427. The SMILES string of the molecule is CCOC(Cc1cccc2nsnc12)(OCC)[C@H](C)NC(=O)[C@H](Cc1ccc(O)cc1)NC(=O)CN(C)NC(=O)NCc1ccccc1. The smallest absolute Gasteiger partial charge is 0.329 e. The maximum atomic E-state index is 13.9. The van der Waals surface area contributed by atoms with Crippen LogP contribution in [0.3, 0.4) is 0 Å². The molecule has 0 saturated carbocycles. The van der Waals surface area contributed by atoms with Crippen LogP contribution in [-0.2, 0) is 38.4 Å². The van der Waals surface area contributed by atoms with Gasteiger partial charge in [0.15, 0.2) is 5.79 Å². The quantitative estimate of drug-likeness (QED) is 0.0833. The van der Waals surface area contributed by atoms with Crippen molar-refractivity contribution in [3.63, 3.8) is 0 Å². The van der Waals surface area contributed by atoms with E-state index >= 15 is 0 Å². The highest BCUT2D eigenvalue weighted by Crippen LogP contribution is 2.28. The minimum absolute atomic E-state index is 0.0826. The van der Waals surface area contributed by atoms with Crippen molar-refractivity contribution in [1.82, 2.24) is 35.1 Å². The number of nitrogens with one attached hydrogen (secondary N) is 4. The van der Waals surface area contributed by atoms with Gasteiger partial charge in [0.25, 0.3) is 0 Å². The number of hydrogen-bond acceptors (Lipinski definition) is 10. The number of carbonyl (C=O) groups excluding carboxylic acids is 3. The van der Waals surface area contributed by atoms with Crippen LogP contribution in [0, 0.1) is 0 Å². The van der Waals surface area contributed by atoms with Gasteiger partial charge in [-0.15, -0.1) is 0 Å². The van der Waals surface area contributed by atoms with Gasteiger partial charge >= 0.3 is 6.03 Å². The maximum Gasteiger partial charge on any atom is 0.329 e. The lowest BCUT2D eigenvalue weighted by Crippen LogP contribution is -2.60. The number of benzene rings is 3. The fourth-order valence-electron chi connectivity index (χ4n) is 5.29. The molecular weight excluding hydrogens is 634 g/mol. The number of amides is 4. The number of hydrazine groups is 1. The van der Waals surface area contributed by atoms with Gasteiger partial charge in [-0.05, 0) is 55.7 Å². The first-order valence-corrected chi connectivity index (χ1v) is 16.5. The summed E-state index contributed by atoms with van der Waals surface area (Å²) in [5.41, 5.74) is 6.63. The molecule has 0 radical (unpaired) electrons. The van der Waals surface area contributed by atoms with Crippen LogP contribution in [0.4, 0.5) is 4.79 Å². The third kappa shape index (κ3) is 10.2. The number of aromatic hydroxyl groups is 1. The first-order chi connectivity index (χ1) is 23.1. The number of phenols is 1. The highest BCUT2D eigenvalue weighted by molar-refractivity contribution is 7.00. The number of fused-ring (bicyclic) bond motifs is 1. The molecule has 4 rings (SSSR count). The van der Waals surface area contributed by atoms with Crippen LogP contribution in [0.1, 0.15) is 37.5 Å². The molecular formula is C34H43N7O6S. The van der Waals surface area contributed by atoms with E-state index in [1.54, 1.807) is 26.1 Å². The summed E-state index contributed by atoms with van der Waals surface area (Å²) in [6.45, 7) is 6.24. The second kappa shape index (κ2) is 17.5. The molecule has 0 spiro atoms. The summed E-state index contributed by atoms with van der Waals surface area (Å²) in [6, 6.07) is 19.4. The monoisotopic (exact) mass is 677 g/mol. The Morgan fingerprint density at radius 3 is 2.31 bits per heavy atom. The van der Waals surface area contributed by atoms with E-state index in [0.29, 0.717) is 19.8 Å². The van der Waals surface area contributed by atoms with Gasteiger partial charge in [0.1, 0.15) is 22.8 Å². The Balaban J connectivity index is 1.46. The van der Waals surface area contributed by atoms with Crippen molar-refractivity contribution >= 4 is 40.6 Å². The van der Waals surface area contributed by atoms with Crippen LogP contribution in [0.2, 0.25) is 0 Å². The van der Waals surface area contributed by atoms with Crippen LogP contribution in [0.25, 0.3) is 11.0 Å². The maximum absolute atomic E-state index is 13.9. The van der Waals surface area contributed by atoms with Gasteiger partial charge in [-0.25, -0.2) is 9.80 Å². The van der Waals surface area contributed by atoms with Crippen molar-refractivity contribution in [2.75, 3.05) is 26.8 Å². The van der Waals surface area contributed by atoms with Crippen molar-refractivity contribution in [3.05, 3.63) is 89.5 Å².